The molecule has 1 aromatic heterocycles. The molecule has 1 rings (SSSR count). The molecule has 0 radical (unpaired) electrons. The number of nitrogens with one attached hydrogen (secondary N) is 1. The maximum Gasteiger partial charge on any atom is 0.231 e. The number of hydrogen-bond acceptors (Lipinski definition) is 3. The zero-order chi connectivity index (χ0) is 13.0. The predicted molar refractivity (Wildman–Crippen MR) is 74.7 cm³/mol. The van der Waals surface area contributed by atoms with Crippen LogP contribution in [0, 0.1) is 18.8 Å². The number of nitrogens with zero attached hydrogens (tertiary/aromatic N) is 1. The van der Waals surface area contributed by atoms with Crippen LogP contribution in [0.25, 0.3) is 0 Å². The Kier molecular flexibility index (Phi) is 5.15. The fourth-order valence-electron chi connectivity index (χ4n) is 1.89. The van der Waals surface area contributed by atoms with Gasteiger partial charge >= 0.3 is 0 Å². The van der Waals surface area contributed by atoms with Crippen LogP contribution in [0.1, 0.15) is 19.4 Å². The number of hydrogen-bond donors (Lipinski definition) is 1. The van der Waals surface area contributed by atoms with Gasteiger partial charge in [-0.05, 0) is 36.9 Å². The van der Waals surface area contributed by atoms with Crippen LogP contribution >= 0.6 is 11.3 Å². The lowest BCUT2D eigenvalue weighted by Gasteiger charge is -2.25. The van der Waals surface area contributed by atoms with Crippen molar-refractivity contribution in [2.45, 2.75) is 20.8 Å². The summed E-state index contributed by atoms with van der Waals surface area (Å²) in [5.74, 6) is 0.573. The molecule has 0 aliphatic carbocycles. The Morgan fingerprint density at radius 2 is 2.18 bits per heavy atom. The number of anilines is 1. The number of amides is 1. The minimum atomic E-state index is 0.0338. The third-order valence-electron chi connectivity index (χ3n) is 3.02. The van der Waals surface area contributed by atoms with Crippen LogP contribution in [-0.2, 0) is 4.79 Å². The van der Waals surface area contributed by atoms with Gasteiger partial charge in [-0.25, -0.2) is 0 Å². The maximum absolute atomic E-state index is 12.4. The third kappa shape index (κ3) is 3.30. The first-order chi connectivity index (χ1) is 7.99. The number of rotatable bonds is 5. The lowest BCUT2D eigenvalue weighted by Crippen LogP contribution is -2.40. The van der Waals surface area contributed by atoms with E-state index in [9.17, 15) is 4.79 Å². The van der Waals surface area contributed by atoms with Gasteiger partial charge in [0.2, 0.25) is 5.91 Å². The van der Waals surface area contributed by atoms with Gasteiger partial charge in [0.1, 0.15) is 5.00 Å². The molecule has 3 nitrogen and oxygen atoms in total. The Morgan fingerprint density at radius 3 is 2.59 bits per heavy atom. The zero-order valence-electron chi connectivity index (χ0n) is 11.3. The summed E-state index contributed by atoms with van der Waals surface area (Å²) < 4.78 is 0. The summed E-state index contributed by atoms with van der Waals surface area (Å²) in [6.45, 7) is 6.95. The fourth-order valence-corrected chi connectivity index (χ4v) is 2.79. The van der Waals surface area contributed by atoms with Crippen molar-refractivity contribution in [3.8, 4) is 0 Å². The van der Waals surface area contributed by atoms with Gasteiger partial charge in [-0.1, -0.05) is 13.8 Å². The van der Waals surface area contributed by atoms with Gasteiger partial charge in [-0.3, -0.25) is 4.79 Å². The minimum Gasteiger partial charge on any atom is -0.319 e. The highest BCUT2D eigenvalue weighted by Crippen LogP contribution is 2.27. The molecule has 17 heavy (non-hydrogen) atoms. The van der Waals surface area contributed by atoms with Crippen molar-refractivity contribution in [2.75, 3.05) is 25.5 Å². The second-order valence-corrected chi connectivity index (χ2v) is 5.61. The smallest absolute Gasteiger partial charge is 0.231 e. The van der Waals surface area contributed by atoms with Gasteiger partial charge in [0.25, 0.3) is 0 Å². The van der Waals surface area contributed by atoms with Gasteiger partial charge < -0.3 is 10.2 Å². The summed E-state index contributed by atoms with van der Waals surface area (Å²) in [6.07, 6.45) is 0. The molecule has 96 valence electrons. The average Bonchev–Trinajstić information content (AvgIpc) is 2.70. The highest BCUT2D eigenvalue weighted by molar-refractivity contribution is 7.14. The molecule has 1 atom stereocenters. The third-order valence-corrected chi connectivity index (χ3v) is 4.11. The Morgan fingerprint density at radius 1 is 1.53 bits per heavy atom. The molecule has 1 N–H and O–H groups in total. The quantitative estimate of drug-likeness (QED) is 0.875. The van der Waals surface area contributed by atoms with E-state index in [1.54, 1.807) is 16.2 Å². The van der Waals surface area contributed by atoms with E-state index < -0.39 is 0 Å². The van der Waals surface area contributed by atoms with E-state index in [2.05, 4.69) is 19.2 Å². The van der Waals surface area contributed by atoms with Crippen LogP contribution in [0.4, 0.5) is 5.00 Å². The molecule has 0 spiro atoms. The van der Waals surface area contributed by atoms with Crippen molar-refractivity contribution in [2.24, 2.45) is 11.8 Å². The van der Waals surface area contributed by atoms with E-state index in [1.165, 1.54) is 0 Å². The van der Waals surface area contributed by atoms with Crippen molar-refractivity contribution < 1.29 is 4.79 Å². The molecule has 0 aliphatic rings. The molecule has 1 amide bonds. The van der Waals surface area contributed by atoms with Crippen LogP contribution in [0.2, 0.25) is 0 Å². The van der Waals surface area contributed by atoms with E-state index in [0.29, 0.717) is 5.92 Å². The SMILES string of the molecule is CNCC(C(=O)N(C)c1sccc1C)C(C)C. The van der Waals surface area contributed by atoms with E-state index in [4.69, 9.17) is 0 Å². The Labute approximate surface area is 108 Å². The highest BCUT2D eigenvalue weighted by Gasteiger charge is 2.26. The maximum atomic E-state index is 12.4. The molecule has 0 saturated heterocycles. The highest BCUT2D eigenvalue weighted by atomic mass is 32.1. The standard InChI is InChI=1S/C13H22N2OS/c1-9(2)11(8-14-4)12(16)15(5)13-10(3)6-7-17-13/h6-7,9,11,14H,8H2,1-5H3. The molecular weight excluding hydrogens is 232 g/mol. The number of carbonyl (C=O) groups is 1. The van der Waals surface area contributed by atoms with Gasteiger partial charge in [-0.2, -0.15) is 0 Å². The Balaban J connectivity index is 2.84. The predicted octanol–water partition coefficient (Wildman–Crippen LogP) is 2.51. The first-order valence-corrected chi connectivity index (χ1v) is 6.83. The Bertz CT molecular complexity index is 373. The number of thiophene rings is 1. The van der Waals surface area contributed by atoms with Crippen LogP contribution in [0.15, 0.2) is 11.4 Å². The first-order valence-electron chi connectivity index (χ1n) is 5.95. The Hall–Kier alpha value is -0.870. The first kappa shape index (κ1) is 14.2. The summed E-state index contributed by atoms with van der Waals surface area (Å²) in [6, 6.07) is 2.05. The molecule has 1 heterocycles. The molecule has 0 aliphatic heterocycles. The van der Waals surface area contributed by atoms with Gasteiger partial charge in [0.15, 0.2) is 0 Å². The molecule has 0 bridgehead atoms. The molecule has 1 aromatic rings. The summed E-state index contributed by atoms with van der Waals surface area (Å²) in [4.78, 5) is 14.2. The molecule has 1 unspecified atom stereocenters. The molecule has 0 saturated carbocycles. The van der Waals surface area contributed by atoms with Crippen molar-refractivity contribution in [3.63, 3.8) is 0 Å². The molecular formula is C13H22N2OS. The van der Waals surface area contributed by atoms with E-state index in [0.717, 1.165) is 17.1 Å². The van der Waals surface area contributed by atoms with E-state index in [-0.39, 0.29) is 11.8 Å². The molecule has 4 heteroatoms. The second kappa shape index (κ2) is 6.17. The number of aryl methyl sites for hydroxylation is 1. The topological polar surface area (TPSA) is 32.3 Å². The molecule has 0 aromatic carbocycles. The van der Waals surface area contributed by atoms with E-state index in [1.807, 2.05) is 32.5 Å². The van der Waals surface area contributed by atoms with Gasteiger partial charge in [0.05, 0.1) is 5.92 Å². The lowest BCUT2D eigenvalue weighted by atomic mass is 9.94. The van der Waals surface area contributed by atoms with Gasteiger partial charge in [0, 0.05) is 13.6 Å². The van der Waals surface area contributed by atoms with Crippen molar-refractivity contribution in [3.05, 3.63) is 17.0 Å². The average molecular weight is 254 g/mol. The number of carbonyl (C=O) groups excluding carboxylic acids is 1. The largest absolute Gasteiger partial charge is 0.319 e. The molecule has 0 fully saturated rings. The zero-order valence-corrected chi connectivity index (χ0v) is 12.1. The minimum absolute atomic E-state index is 0.0338. The van der Waals surface area contributed by atoms with Crippen molar-refractivity contribution in [1.82, 2.24) is 5.32 Å². The van der Waals surface area contributed by atoms with Gasteiger partial charge in [-0.15, -0.1) is 11.3 Å². The lowest BCUT2D eigenvalue weighted by molar-refractivity contribution is -0.123. The van der Waals surface area contributed by atoms with Crippen molar-refractivity contribution in [1.29, 1.82) is 0 Å². The van der Waals surface area contributed by atoms with Crippen LogP contribution in [-0.4, -0.2) is 26.5 Å². The van der Waals surface area contributed by atoms with Crippen molar-refractivity contribution >= 4 is 22.2 Å². The second-order valence-electron chi connectivity index (χ2n) is 4.71. The van der Waals surface area contributed by atoms with E-state index >= 15 is 0 Å². The van der Waals surface area contributed by atoms with Crippen LogP contribution in [0.3, 0.4) is 0 Å². The fraction of sp³-hybridized carbons (Fsp3) is 0.615. The summed E-state index contributed by atoms with van der Waals surface area (Å²) in [5, 5.41) is 6.18. The van der Waals surface area contributed by atoms with Crippen LogP contribution < -0.4 is 10.2 Å². The van der Waals surface area contributed by atoms with Crippen LogP contribution in [0.5, 0.6) is 0 Å². The summed E-state index contributed by atoms with van der Waals surface area (Å²) in [7, 11) is 3.76. The summed E-state index contributed by atoms with van der Waals surface area (Å²) in [5.41, 5.74) is 1.16. The normalized spacial score (nSPS) is 12.8. The monoisotopic (exact) mass is 254 g/mol. The summed E-state index contributed by atoms with van der Waals surface area (Å²) >= 11 is 1.62.